The lowest BCUT2D eigenvalue weighted by Gasteiger charge is -2.23. The van der Waals surface area contributed by atoms with Gasteiger partial charge < -0.3 is 9.55 Å². The fourth-order valence-electron chi connectivity index (χ4n) is 2.58. The highest BCUT2D eigenvalue weighted by Crippen LogP contribution is 2.39. The highest BCUT2D eigenvalue weighted by atomic mass is 32.2. The number of hydrogen-bond acceptors (Lipinski definition) is 2. The first-order valence-electron chi connectivity index (χ1n) is 6.09. The smallest absolute Gasteiger partial charge is 0.178 e. The second kappa shape index (κ2) is 4.38. The first-order valence-corrected chi connectivity index (χ1v) is 7.49. The van der Waals surface area contributed by atoms with E-state index in [2.05, 4.69) is 11.9 Å². The molecular formula is C13H15FN2S2. The van der Waals surface area contributed by atoms with Gasteiger partial charge in [0.25, 0.3) is 0 Å². The zero-order valence-electron chi connectivity index (χ0n) is 10.2. The van der Waals surface area contributed by atoms with E-state index in [0.29, 0.717) is 4.77 Å². The van der Waals surface area contributed by atoms with Crippen LogP contribution in [0.2, 0.25) is 0 Å². The molecule has 18 heavy (non-hydrogen) atoms. The molecule has 1 N–H and O–H groups in total. The van der Waals surface area contributed by atoms with Gasteiger partial charge in [-0.15, -0.1) is 0 Å². The van der Waals surface area contributed by atoms with Crippen molar-refractivity contribution in [2.45, 2.75) is 31.1 Å². The molecule has 2 nitrogen and oxygen atoms in total. The number of fused-ring (bicyclic) bond motifs is 1. The molecule has 1 aliphatic rings. The van der Waals surface area contributed by atoms with Gasteiger partial charge in [-0.05, 0) is 55.9 Å². The number of nitrogens with zero attached hydrogens (tertiary/aromatic N) is 1. The van der Waals surface area contributed by atoms with Crippen LogP contribution in [-0.2, 0) is 6.54 Å². The van der Waals surface area contributed by atoms with E-state index in [-0.39, 0.29) is 10.6 Å². The summed E-state index contributed by atoms with van der Waals surface area (Å²) < 4.78 is 16.3. The molecule has 3 rings (SSSR count). The topological polar surface area (TPSA) is 20.7 Å². The van der Waals surface area contributed by atoms with Crippen LogP contribution < -0.4 is 0 Å². The van der Waals surface area contributed by atoms with Crippen LogP contribution in [0.1, 0.15) is 19.8 Å². The highest BCUT2D eigenvalue weighted by molar-refractivity contribution is 8.00. The molecular weight excluding hydrogens is 267 g/mol. The summed E-state index contributed by atoms with van der Waals surface area (Å²) in [5.41, 5.74) is 1.78. The van der Waals surface area contributed by atoms with Gasteiger partial charge in [0.15, 0.2) is 4.77 Å². The molecule has 0 radical (unpaired) electrons. The summed E-state index contributed by atoms with van der Waals surface area (Å²) in [4.78, 5) is 3.15. The molecule has 1 unspecified atom stereocenters. The molecule has 0 spiro atoms. The van der Waals surface area contributed by atoms with Gasteiger partial charge in [-0.2, -0.15) is 11.8 Å². The van der Waals surface area contributed by atoms with Crippen molar-refractivity contribution in [1.29, 1.82) is 0 Å². The Morgan fingerprint density at radius 2 is 2.39 bits per heavy atom. The van der Waals surface area contributed by atoms with Crippen molar-refractivity contribution in [3.05, 3.63) is 28.8 Å². The molecule has 96 valence electrons. The Morgan fingerprint density at radius 3 is 3.11 bits per heavy atom. The standard InChI is InChI=1S/C13H15FN2S2/c1-13(5-2-6-18-13)8-16-11-7-9(14)3-4-10(11)15-12(16)17/h3-4,7H,2,5-6,8H2,1H3,(H,15,17). The van der Waals surface area contributed by atoms with Gasteiger partial charge in [-0.1, -0.05) is 0 Å². The molecule has 1 fully saturated rings. The number of aromatic nitrogens is 2. The third-order valence-corrected chi connectivity index (χ3v) is 5.38. The van der Waals surface area contributed by atoms with E-state index in [0.717, 1.165) is 17.6 Å². The minimum atomic E-state index is -0.213. The molecule has 2 aromatic rings. The van der Waals surface area contributed by atoms with Gasteiger partial charge in [0, 0.05) is 11.3 Å². The third kappa shape index (κ3) is 2.10. The van der Waals surface area contributed by atoms with Crippen LogP contribution in [0.25, 0.3) is 11.0 Å². The van der Waals surface area contributed by atoms with Gasteiger partial charge in [0.05, 0.1) is 11.0 Å². The number of H-pyrrole nitrogens is 1. The van der Waals surface area contributed by atoms with Crippen LogP contribution in [0.5, 0.6) is 0 Å². The Morgan fingerprint density at radius 1 is 1.56 bits per heavy atom. The van der Waals surface area contributed by atoms with Crippen molar-refractivity contribution in [1.82, 2.24) is 9.55 Å². The van der Waals surface area contributed by atoms with Crippen molar-refractivity contribution >= 4 is 35.0 Å². The number of nitrogens with one attached hydrogen (secondary N) is 1. The first kappa shape index (κ1) is 12.2. The molecule has 1 aromatic carbocycles. The summed E-state index contributed by atoms with van der Waals surface area (Å²) in [6, 6.07) is 4.77. The number of hydrogen-bond donors (Lipinski definition) is 1. The van der Waals surface area contributed by atoms with E-state index in [4.69, 9.17) is 12.2 Å². The first-order chi connectivity index (χ1) is 8.57. The van der Waals surface area contributed by atoms with Crippen molar-refractivity contribution < 1.29 is 4.39 Å². The highest BCUT2D eigenvalue weighted by Gasteiger charge is 2.30. The molecule has 0 saturated carbocycles. The van der Waals surface area contributed by atoms with Crippen molar-refractivity contribution in [2.75, 3.05) is 5.75 Å². The molecule has 1 saturated heterocycles. The second-order valence-corrected chi connectivity index (χ2v) is 7.15. The average Bonchev–Trinajstić information content (AvgIpc) is 2.86. The summed E-state index contributed by atoms with van der Waals surface area (Å²) >= 11 is 7.35. The fraction of sp³-hybridized carbons (Fsp3) is 0.462. The minimum absolute atomic E-state index is 0.213. The molecule has 5 heteroatoms. The van der Waals surface area contributed by atoms with Gasteiger partial charge in [0.1, 0.15) is 5.82 Å². The molecule has 0 bridgehead atoms. The molecule has 2 heterocycles. The summed E-state index contributed by atoms with van der Waals surface area (Å²) in [7, 11) is 0. The van der Waals surface area contributed by atoms with E-state index in [9.17, 15) is 4.39 Å². The molecule has 1 aromatic heterocycles. The van der Waals surface area contributed by atoms with Crippen LogP contribution in [0, 0.1) is 10.6 Å². The summed E-state index contributed by atoms with van der Waals surface area (Å²) in [5, 5.41) is 0. The molecule has 1 atom stereocenters. The van der Waals surface area contributed by atoms with E-state index in [1.165, 1.54) is 24.7 Å². The maximum absolute atomic E-state index is 13.4. The Balaban J connectivity index is 2.08. The summed E-state index contributed by atoms with van der Waals surface area (Å²) in [6.45, 7) is 3.12. The zero-order valence-corrected chi connectivity index (χ0v) is 11.8. The molecule has 1 aliphatic heterocycles. The maximum atomic E-state index is 13.4. The van der Waals surface area contributed by atoms with Crippen LogP contribution in [0.4, 0.5) is 4.39 Å². The fourth-order valence-corrected chi connectivity index (χ4v) is 4.14. The van der Waals surface area contributed by atoms with Crippen molar-refractivity contribution in [3.8, 4) is 0 Å². The summed E-state index contributed by atoms with van der Waals surface area (Å²) in [5.74, 6) is 0.995. The number of halogens is 1. The lowest BCUT2D eigenvalue weighted by atomic mass is 10.1. The number of rotatable bonds is 2. The number of thioether (sulfide) groups is 1. The van der Waals surface area contributed by atoms with Gasteiger partial charge in [-0.3, -0.25) is 0 Å². The van der Waals surface area contributed by atoms with E-state index in [1.54, 1.807) is 12.1 Å². The lowest BCUT2D eigenvalue weighted by Crippen LogP contribution is -2.23. The molecule has 0 amide bonds. The Hall–Kier alpha value is -0.810. The summed E-state index contributed by atoms with van der Waals surface area (Å²) in [6.07, 6.45) is 2.45. The van der Waals surface area contributed by atoms with Gasteiger partial charge >= 0.3 is 0 Å². The van der Waals surface area contributed by atoms with Crippen LogP contribution in [0.15, 0.2) is 18.2 Å². The van der Waals surface area contributed by atoms with Crippen molar-refractivity contribution in [3.63, 3.8) is 0 Å². The number of aromatic amines is 1. The van der Waals surface area contributed by atoms with Gasteiger partial charge in [-0.25, -0.2) is 4.39 Å². The Kier molecular flexibility index (Phi) is 2.98. The van der Waals surface area contributed by atoms with Gasteiger partial charge in [0.2, 0.25) is 0 Å². The third-order valence-electron chi connectivity index (χ3n) is 3.53. The average molecular weight is 282 g/mol. The largest absolute Gasteiger partial charge is 0.331 e. The van der Waals surface area contributed by atoms with Crippen LogP contribution in [-0.4, -0.2) is 20.1 Å². The molecule has 0 aliphatic carbocycles. The number of imidazole rings is 1. The monoisotopic (exact) mass is 282 g/mol. The number of benzene rings is 1. The maximum Gasteiger partial charge on any atom is 0.178 e. The predicted octanol–water partition coefficient (Wildman–Crippen LogP) is 4.12. The Labute approximate surface area is 115 Å². The SMILES string of the molecule is CC1(Cn2c(=S)[nH]c3ccc(F)cc32)CCCS1. The second-order valence-electron chi connectivity index (χ2n) is 5.08. The van der Waals surface area contributed by atoms with Crippen LogP contribution >= 0.6 is 24.0 Å². The van der Waals surface area contributed by atoms with Crippen LogP contribution in [0.3, 0.4) is 0 Å². The quantitative estimate of drug-likeness (QED) is 0.836. The minimum Gasteiger partial charge on any atom is -0.331 e. The zero-order chi connectivity index (χ0) is 12.8. The van der Waals surface area contributed by atoms with E-state index in [1.807, 2.05) is 16.3 Å². The Bertz CT molecular complexity index is 638. The van der Waals surface area contributed by atoms with Crippen molar-refractivity contribution in [2.24, 2.45) is 0 Å². The lowest BCUT2D eigenvalue weighted by molar-refractivity contribution is 0.514. The predicted molar refractivity (Wildman–Crippen MR) is 77.2 cm³/mol. The van der Waals surface area contributed by atoms with E-state index < -0.39 is 0 Å². The van der Waals surface area contributed by atoms with E-state index >= 15 is 0 Å². The normalized spacial score (nSPS) is 23.9.